The number of thiocarbonyl (C=S) groups is 1. The standard InChI is InChI=1S/C15H16Cl2N4S2/c16-5-7-21(8-6-17)12-3-1-11(2-4-12)9-19-13-10-20-15(23-13)14(18)22/h1-4,9-10H,5-8H2,(H2,18,22)/b19-9+. The first-order valence-corrected chi connectivity index (χ1v) is 9.20. The predicted octanol–water partition coefficient (Wildman–Crippen LogP) is 3.81. The lowest BCUT2D eigenvalue weighted by molar-refractivity contribution is 0.874. The fraction of sp³-hybridized carbons (Fsp3) is 0.267. The summed E-state index contributed by atoms with van der Waals surface area (Å²) in [6.07, 6.45) is 3.45. The maximum atomic E-state index is 5.83. The van der Waals surface area contributed by atoms with E-state index >= 15 is 0 Å². The number of alkyl halides is 2. The Morgan fingerprint density at radius 1 is 1.26 bits per heavy atom. The van der Waals surface area contributed by atoms with E-state index in [9.17, 15) is 0 Å². The number of benzene rings is 1. The number of hydrogen-bond donors (Lipinski definition) is 1. The molecule has 0 saturated heterocycles. The molecular formula is C15H16Cl2N4S2. The van der Waals surface area contributed by atoms with E-state index in [1.807, 2.05) is 24.3 Å². The highest BCUT2D eigenvalue weighted by molar-refractivity contribution is 7.81. The largest absolute Gasteiger partial charge is 0.387 e. The molecule has 2 N–H and O–H groups in total. The highest BCUT2D eigenvalue weighted by atomic mass is 35.5. The van der Waals surface area contributed by atoms with Crippen LogP contribution >= 0.6 is 46.8 Å². The van der Waals surface area contributed by atoms with Crippen LogP contribution in [0.25, 0.3) is 0 Å². The zero-order valence-corrected chi connectivity index (χ0v) is 15.4. The Hall–Kier alpha value is -1.21. The third kappa shape index (κ3) is 5.42. The van der Waals surface area contributed by atoms with Gasteiger partial charge in [-0.2, -0.15) is 0 Å². The van der Waals surface area contributed by atoms with Crippen molar-refractivity contribution in [2.75, 3.05) is 29.7 Å². The van der Waals surface area contributed by atoms with Crippen molar-refractivity contribution in [2.45, 2.75) is 0 Å². The van der Waals surface area contributed by atoms with Crippen molar-refractivity contribution in [1.29, 1.82) is 0 Å². The summed E-state index contributed by atoms with van der Waals surface area (Å²) in [5.74, 6) is 1.13. The highest BCUT2D eigenvalue weighted by Gasteiger charge is 2.05. The second-order valence-electron chi connectivity index (χ2n) is 4.58. The molecule has 2 aromatic rings. The van der Waals surface area contributed by atoms with Gasteiger partial charge in [-0.3, -0.25) is 0 Å². The van der Waals surface area contributed by atoms with E-state index in [4.69, 9.17) is 41.2 Å². The molecule has 0 bridgehead atoms. The van der Waals surface area contributed by atoms with Crippen LogP contribution in [0.15, 0.2) is 35.5 Å². The Labute approximate surface area is 154 Å². The lowest BCUT2D eigenvalue weighted by Gasteiger charge is -2.22. The van der Waals surface area contributed by atoms with E-state index in [2.05, 4.69) is 14.9 Å². The van der Waals surface area contributed by atoms with E-state index in [1.165, 1.54) is 11.3 Å². The Kier molecular flexibility index (Phi) is 7.23. The van der Waals surface area contributed by atoms with Crippen LogP contribution in [0.3, 0.4) is 0 Å². The molecule has 0 saturated carbocycles. The minimum Gasteiger partial charge on any atom is -0.387 e. The minimum atomic E-state index is 0.291. The number of thiazole rings is 1. The SMILES string of the molecule is NC(=S)c1ncc(/N=C/c2ccc(N(CCCl)CCCl)cc2)s1. The van der Waals surface area contributed by atoms with E-state index in [1.54, 1.807) is 12.4 Å². The summed E-state index contributed by atoms with van der Waals surface area (Å²) in [6.45, 7) is 1.54. The van der Waals surface area contributed by atoms with Crippen LogP contribution in [-0.2, 0) is 0 Å². The molecule has 8 heteroatoms. The van der Waals surface area contributed by atoms with Gasteiger partial charge in [-0.1, -0.05) is 35.7 Å². The smallest absolute Gasteiger partial charge is 0.152 e. The normalized spacial score (nSPS) is 11.0. The van der Waals surface area contributed by atoms with Gasteiger partial charge in [0.1, 0.15) is 9.99 Å². The van der Waals surface area contributed by atoms with Gasteiger partial charge < -0.3 is 10.6 Å². The zero-order chi connectivity index (χ0) is 16.7. The van der Waals surface area contributed by atoms with E-state index in [-0.39, 0.29) is 0 Å². The molecule has 1 aromatic heterocycles. The average molecular weight is 387 g/mol. The minimum absolute atomic E-state index is 0.291. The van der Waals surface area contributed by atoms with Gasteiger partial charge in [-0.05, 0) is 17.7 Å². The molecule has 0 amide bonds. The van der Waals surface area contributed by atoms with Crippen LogP contribution in [-0.4, -0.2) is 41.0 Å². The second kappa shape index (κ2) is 9.17. The van der Waals surface area contributed by atoms with Gasteiger partial charge in [0.05, 0.1) is 6.20 Å². The first kappa shape index (κ1) is 18.1. The molecule has 0 aliphatic rings. The molecule has 0 aliphatic heterocycles. The van der Waals surface area contributed by atoms with Crippen molar-refractivity contribution in [3.63, 3.8) is 0 Å². The van der Waals surface area contributed by atoms with Gasteiger partial charge in [-0.25, -0.2) is 9.98 Å². The van der Waals surface area contributed by atoms with Crippen molar-refractivity contribution in [2.24, 2.45) is 10.7 Å². The van der Waals surface area contributed by atoms with Gasteiger partial charge in [0, 0.05) is 36.8 Å². The number of nitrogens with zero attached hydrogens (tertiary/aromatic N) is 3. The van der Waals surface area contributed by atoms with Crippen molar-refractivity contribution in [1.82, 2.24) is 4.98 Å². The summed E-state index contributed by atoms with van der Waals surface area (Å²) in [6, 6.07) is 8.08. The second-order valence-corrected chi connectivity index (χ2v) is 6.79. The monoisotopic (exact) mass is 386 g/mol. The van der Waals surface area contributed by atoms with E-state index in [0.29, 0.717) is 21.8 Å². The molecule has 122 valence electrons. The van der Waals surface area contributed by atoms with Crippen LogP contribution < -0.4 is 10.6 Å². The molecule has 1 heterocycles. The molecular weight excluding hydrogens is 371 g/mol. The molecule has 0 spiro atoms. The van der Waals surface area contributed by atoms with Gasteiger partial charge in [0.15, 0.2) is 5.01 Å². The Morgan fingerprint density at radius 3 is 2.43 bits per heavy atom. The summed E-state index contributed by atoms with van der Waals surface area (Å²) in [4.78, 5) is 10.9. The van der Waals surface area contributed by atoms with Crippen LogP contribution in [0, 0.1) is 0 Å². The van der Waals surface area contributed by atoms with Crippen LogP contribution in [0.5, 0.6) is 0 Å². The molecule has 1 aromatic carbocycles. The molecule has 0 aliphatic carbocycles. The number of rotatable bonds is 8. The lowest BCUT2D eigenvalue weighted by atomic mass is 10.2. The summed E-state index contributed by atoms with van der Waals surface area (Å²) in [7, 11) is 0. The third-order valence-electron chi connectivity index (χ3n) is 3.01. The van der Waals surface area contributed by atoms with Crippen LogP contribution in [0.4, 0.5) is 10.7 Å². The molecule has 0 radical (unpaired) electrons. The molecule has 0 unspecified atom stereocenters. The van der Waals surface area contributed by atoms with E-state index in [0.717, 1.165) is 29.3 Å². The number of aliphatic imine (C=N–C) groups is 1. The van der Waals surface area contributed by atoms with Crippen LogP contribution in [0.1, 0.15) is 10.6 Å². The highest BCUT2D eigenvalue weighted by Crippen LogP contribution is 2.22. The van der Waals surface area contributed by atoms with E-state index < -0.39 is 0 Å². The van der Waals surface area contributed by atoms with Crippen molar-refractivity contribution >= 4 is 68.6 Å². The van der Waals surface area contributed by atoms with Gasteiger partial charge >= 0.3 is 0 Å². The zero-order valence-electron chi connectivity index (χ0n) is 12.3. The topological polar surface area (TPSA) is 54.5 Å². The van der Waals surface area contributed by atoms with Crippen molar-refractivity contribution in [3.05, 3.63) is 41.0 Å². The average Bonchev–Trinajstić information content (AvgIpc) is 3.02. The van der Waals surface area contributed by atoms with Crippen LogP contribution in [0.2, 0.25) is 0 Å². The number of aromatic nitrogens is 1. The molecule has 2 rings (SSSR count). The summed E-state index contributed by atoms with van der Waals surface area (Å²) < 4.78 is 0. The Morgan fingerprint density at radius 2 is 1.91 bits per heavy atom. The number of hydrogen-bond acceptors (Lipinski definition) is 5. The molecule has 0 atom stereocenters. The number of halogens is 2. The number of nitrogens with two attached hydrogens (primary N) is 1. The number of anilines is 1. The molecule has 0 fully saturated rings. The maximum absolute atomic E-state index is 5.83. The first-order valence-electron chi connectivity index (χ1n) is 6.90. The quantitative estimate of drug-likeness (QED) is 0.425. The summed E-state index contributed by atoms with van der Waals surface area (Å²) in [5, 5.41) is 1.39. The summed E-state index contributed by atoms with van der Waals surface area (Å²) in [5.41, 5.74) is 7.62. The van der Waals surface area contributed by atoms with Gasteiger partial charge in [0.2, 0.25) is 0 Å². The van der Waals surface area contributed by atoms with Gasteiger partial charge in [0.25, 0.3) is 0 Å². The Bertz CT molecular complexity index is 664. The maximum Gasteiger partial charge on any atom is 0.152 e. The third-order valence-corrected chi connectivity index (χ3v) is 4.61. The van der Waals surface area contributed by atoms with Gasteiger partial charge in [-0.15, -0.1) is 23.2 Å². The predicted molar refractivity (Wildman–Crippen MR) is 105 cm³/mol. The lowest BCUT2D eigenvalue weighted by Crippen LogP contribution is -2.27. The molecule has 23 heavy (non-hydrogen) atoms. The first-order chi connectivity index (χ1) is 11.1. The Balaban J connectivity index is 2.06. The fourth-order valence-electron chi connectivity index (χ4n) is 1.92. The van der Waals surface area contributed by atoms with Crippen molar-refractivity contribution < 1.29 is 0 Å². The summed E-state index contributed by atoms with van der Waals surface area (Å²) >= 11 is 17.9. The fourth-order valence-corrected chi connectivity index (χ4v) is 3.12. The molecule has 4 nitrogen and oxygen atoms in total. The van der Waals surface area contributed by atoms with Crippen molar-refractivity contribution in [3.8, 4) is 0 Å².